The molecule has 0 bridgehead atoms. The largest absolute Gasteiger partial charge is 0.298 e. The predicted octanol–water partition coefficient (Wildman–Crippen LogP) is 2.99. The summed E-state index contributed by atoms with van der Waals surface area (Å²) < 4.78 is 0. The molecule has 30 heavy (non-hydrogen) atoms. The van der Waals surface area contributed by atoms with Crippen molar-refractivity contribution in [1.29, 1.82) is 0 Å². The molecule has 0 amide bonds. The van der Waals surface area contributed by atoms with E-state index in [0.29, 0.717) is 50.3 Å². The number of aldehydes is 8. The van der Waals surface area contributed by atoms with Crippen molar-refractivity contribution in [3.05, 3.63) is 56.6 Å². The van der Waals surface area contributed by atoms with E-state index in [2.05, 4.69) is 0 Å². The molecule has 2 aromatic carbocycles. The smallest absolute Gasteiger partial charge is 0.151 e. The first-order valence-electron chi connectivity index (χ1n) is 7.92. The third-order valence-electron chi connectivity index (χ3n) is 4.03. The van der Waals surface area contributed by atoms with Crippen LogP contribution in [0.25, 0.3) is 0 Å². The van der Waals surface area contributed by atoms with Crippen molar-refractivity contribution in [1.82, 2.24) is 0 Å². The number of rotatable bonds is 11. The second kappa shape index (κ2) is 10.3. The normalized spacial score (nSPS) is 10.0. The highest BCUT2D eigenvalue weighted by Crippen LogP contribution is 2.44. The van der Waals surface area contributed by atoms with Gasteiger partial charge in [0.25, 0.3) is 0 Å². The molecule has 0 spiro atoms. The second-order valence-electron chi connectivity index (χ2n) is 5.53. The van der Waals surface area contributed by atoms with Crippen LogP contribution in [0.3, 0.4) is 0 Å². The molecule has 2 aromatic rings. The molecule has 0 heterocycles. The standard InChI is InChI=1S/C20H10O8S2/c21-3-11-1-12(4-22)16(8-26)19(15(11)7-25)29-30-20-17(9-27)13(5-23)2-14(6-24)18(20)10-28/h1-10H. The Bertz CT molecular complexity index is 941. The molecule has 0 radical (unpaired) electrons. The Balaban J connectivity index is 2.75. The Hall–Kier alpha value is -3.50. The summed E-state index contributed by atoms with van der Waals surface area (Å²) in [4.78, 5) is 91.3. The van der Waals surface area contributed by atoms with Gasteiger partial charge >= 0.3 is 0 Å². The zero-order valence-electron chi connectivity index (χ0n) is 14.9. The quantitative estimate of drug-likeness (QED) is 0.377. The summed E-state index contributed by atoms with van der Waals surface area (Å²) in [5.74, 6) is 0. The van der Waals surface area contributed by atoms with Crippen LogP contribution in [0.5, 0.6) is 0 Å². The van der Waals surface area contributed by atoms with Crippen LogP contribution >= 0.6 is 21.6 Å². The number of carbonyl (C=O) groups is 8. The van der Waals surface area contributed by atoms with Gasteiger partial charge in [0.05, 0.1) is 0 Å². The molecule has 8 nitrogen and oxygen atoms in total. The van der Waals surface area contributed by atoms with Crippen molar-refractivity contribution >= 4 is 71.9 Å². The molecule has 10 heteroatoms. The first-order valence-corrected chi connectivity index (χ1v) is 10.1. The molecule has 0 aliphatic rings. The molecular formula is C20H10O8S2. The summed E-state index contributed by atoms with van der Waals surface area (Å²) in [5, 5.41) is 0. The zero-order valence-corrected chi connectivity index (χ0v) is 16.5. The molecule has 0 atom stereocenters. The SMILES string of the molecule is O=Cc1cc(C=O)c(C=O)c(SSc2c(C=O)c(C=O)cc(C=O)c2C=O)c1C=O. The third kappa shape index (κ3) is 4.09. The van der Waals surface area contributed by atoms with Gasteiger partial charge in [-0.25, -0.2) is 0 Å². The van der Waals surface area contributed by atoms with Gasteiger partial charge in [-0.05, 0) is 12.1 Å². The molecule has 0 aromatic heterocycles. The fourth-order valence-electron chi connectivity index (χ4n) is 2.60. The lowest BCUT2D eigenvalue weighted by molar-refractivity contribution is 0.108. The van der Waals surface area contributed by atoms with Crippen LogP contribution in [-0.2, 0) is 0 Å². The Labute approximate surface area is 176 Å². The Morgan fingerprint density at radius 3 is 0.800 bits per heavy atom. The summed E-state index contributed by atoms with van der Waals surface area (Å²) in [6.07, 6.45) is 2.66. The third-order valence-corrected chi connectivity index (χ3v) is 6.58. The molecule has 0 unspecified atom stereocenters. The maximum Gasteiger partial charge on any atom is 0.151 e. The van der Waals surface area contributed by atoms with Crippen LogP contribution < -0.4 is 0 Å². The van der Waals surface area contributed by atoms with Crippen LogP contribution in [-0.4, -0.2) is 50.3 Å². The van der Waals surface area contributed by atoms with E-state index >= 15 is 0 Å². The second-order valence-corrected chi connectivity index (χ2v) is 7.68. The molecule has 2 rings (SSSR count). The highest BCUT2D eigenvalue weighted by Gasteiger charge is 2.22. The highest BCUT2D eigenvalue weighted by atomic mass is 33.1. The summed E-state index contributed by atoms with van der Waals surface area (Å²) >= 11 is 0. The van der Waals surface area contributed by atoms with E-state index in [-0.39, 0.29) is 54.3 Å². The first kappa shape index (κ1) is 22.8. The minimum absolute atomic E-state index is 0.0467. The fourth-order valence-corrected chi connectivity index (χ4v) is 5.37. The van der Waals surface area contributed by atoms with Gasteiger partial charge in [-0.1, -0.05) is 21.6 Å². The number of hydrogen-bond donors (Lipinski definition) is 0. The van der Waals surface area contributed by atoms with E-state index in [9.17, 15) is 38.4 Å². The first-order chi connectivity index (χ1) is 14.5. The van der Waals surface area contributed by atoms with Crippen LogP contribution in [0.15, 0.2) is 21.9 Å². The minimum atomic E-state index is -0.169. The van der Waals surface area contributed by atoms with Gasteiger partial charge in [-0.2, -0.15) is 0 Å². The van der Waals surface area contributed by atoms with Crippen LogP contribution in [0.1, 0.15) is 82.9 Å². The van der Waals surface area contributed by atoms with E-state index in [4.69, 9.17) is 0 Å². The van der Waals surface area contributed by atoms with Crippen molar-refractivity contribution < 1.29 is 38.4 Å². The van der Waals surface area contributed by atoms with E-state index < -0.39 is 0 Å². The van der Waals surface area contributed by atoms with Gasteiger partial charge in [-0.3, -0.25) is 38.4 Å². The van der Waals surface area contributed by atoms with Crippen molar-refractivity contribution in [3.8, 4) is 0 Å². The van der Waals surface area contributed by atoms with Gasteiger partial charge < -0.3 is 0 Å². The predicted molar refractivity (Wildman–Crippen MR) is 108 cm³/mol. The molecule has 0 saturated carbocycles. The molecule has 0 fully saturated rings. The molecular weight excluding hydrogens is 432 g/mol. The highest BCUT2D eigenvalue weighted by molar-refractivity contribution is 8.76. The van der Waals surface area contributed by atoms with Gasteiger partial charge in [0, 0.05) is 54.3 Å². The molecule has 150 valence electrons. The van der Waals surface area contributed by atoms with Crippen molar-refractivity contribution in [3.63, 3.8) is 0 Å². The summed E-state index contributed by atoms with van der Waals surface area (Å²) in [7, 11) is 1.44. The van der Waals surface area contributed by atoms with Crippen molar-refractivity contribution in [2.45, 2.75) is 9.79 Å². The Kier molecular flexibility index (Phi) is 7.84. The van der Waals surface area contributed by atoms with Gasteiger partial charge in [0.2, 0.25) is 0 Å². The minimum Gasteiger partial charge on any atom is -0.298 e. The van der Waals surface area contributed by atoms with E-state index in [0.717, 1.165) is 33.7 Å². The number of benzene rings is 2. The maximum atomic E-state index is 11.5. The molecule has 0 saturated heterocycles. The van der Waals surface area contributed by atoms with E-state index in [1.165, 1.54) is 0 Å². The lowest BCUT2D eigenvalue weighted by Gasteiger charge is -2.14. The average molecular weight is 442 g/mol. The number of carbonyl (C=O) groups excluding carboxylic acids is 8. The van der Waals surface area contributed by atoms with E-state index in [1.807, 2.05) is 0 Å². The topological polar surface area (TPSA) is 137 Å². The van der Waals surface area contributed by atoms with Gasteiger partial charge in [0.1, 0.15) is 0 Å². The molecule has 0 aliphatic carbocycles. The maximum absolute atomic E-state index is 11.5. The van der Waals surface area contributed by atoms with Crippen molar-refractivity contribution in [2.24, 2.45) is 0 Å². The lowest BCUT2D eigenvalue weighted by Crippen LogP contribution is -2.04. The van der Waals surface area contributed by atoms with Gasteiger partial charge in [0.15, 0.2) is 50.3 Å². The molecule has 0 N–H and O–H groups in total. The Morgan fingerprint density at radius 2 is 0.633 bits per heavy atom. The Morgan fingerprint density at radius 1 is 0.400 bits per heavy atom. The number of hydrogen-bond acceptors (Lipinski definition) is 10. The molecule has 0 aliphatic heterocycles. The van der Waals surface area contributed by atoms with Crippen LogP contribution in [0, 0.1) is 0 Å². The monoisotopic (exact) mass is 442 g/mol. The summed E-state index contributed by atoms with van der Waals surface area (Å²) in [6.45, 7) is 0. The average Bonchev–Trinajstić information content (AvgIpc) is 2.79. The summed E-state index contributed by atoms with van der Waals surface area (Å²) in [5.41, 5.74) is -1.22. The van der Waals surface area contributed by atoms with Crippen molar-refractivity contribution in [2.75, 3.05) is 0 Å². The van der Waals surface area contributed by atoms with Crippen LogP contribution in [0.2, 0.25) is 0 Å². The van der Waals surface area contributed by atoms with Gasteiger partial charge in [-0.15, -0.1) is 0 Å². The lowest BCUT2D eigenvalue weighted by atomic mass is 10.0. The zero-order chi connectivity index (χ0) is 22.3. The van der Waals surface area contributed by atoms with E-state index in [1.54, 1.807) is 0 Å². The summed E-state index contributed by atoms with van der Waals surface area (Å²) in [6, 6.07) is 2.18. The van der Waals surface area contributed by atoms with Crippen LogP contribution in [0.4, 0.5) is 0 Å². The fraction of sp³-hybridized carbons (Fsp3) is 0.